The van der Waals surface area contributed by atoms with Crippen molar-refractivity contribution < 1.29 is 24.2 Å². The molecule has 0 aliphatic heterocycles. The van der Waals surface area contributed by atoms with Crippen molar-refractivity contribution in [3.8, 4) is 11.1 Å². The average molecular weight is 451 g/mol. The van der Waals surface area contributed by atoms with Gasteiger partial charge in [0, 0.05) is 18.0 Å². The van der Waals surface area contributed by atoms with Crippen LogP contribution in [0.4, 0.5) is 4.79 Å². The van der Waals surface area contributed by atoms with Crippen molar-refractivity contribution >= 4 is 18.0 Å². The molecule has 0 saturated heterocycles. The number of aliphatic carboxylic acids is 1. The van der Waals surface area contributed by atoms with Crippen molar-refractivity contribution in [1.29, 1.82) is 0 Å². The van der Waals surface area contributed by atoms with E-state index in [1.54, 1.807) is 13.8 Å². The van der Waals surface area contributed by atoms with Crippen LogP contribution in [0.5, 0.6) is 0 Å². The Morgan fingerprint density at radius 1 is 0.970 bits per heavy atom. The fourth-order valence-corrected chi connectivity index (χ4v) is 4.51. The van der Waals surface area contributed by atoms with Crippen molar-refractivity contribution in [3.05, 3.63) is 59.7 Å². The standard InChI is InChI=1S/C26H30N2O5/c1-15(25(31)28-23(13-24(29)30)17-11-12-17)16(2)27-26(32)33-14-22-20-9-5-3-7-18(20)19-8-4-6-10-21(19)22/h3-10,15-17,22-23H,11-14H2,1-2H3,(H,27,32)(H,28,31)(H,29,30). The number of rotatable bonds is 9. The van der Waals surface area contributed by atoms with Gasteiger partial charge in [-0.2, -0.15) is 0 Å². The first-order valence-corrected chi connectivity index (χ1v) is 11.5. The molecule has 7 heteroatoms. The van der Waals surface area contributed by atoms with Gasteiger partial charge in [0.05, 0.1) is 12.3 Å². The van der Waals surface area contributed by atoms with Crippen LogP contribution in [-0.2, 0) is 14.3 Å². The van der Waals surface area contributed by atoms with Gasteiger partial charge in [0.25, 0.3) is 0 Å². The van der Waals surface area contributed by atoms with Gasteiger partial charge in [-0.15, -0.1) is 0 Å². The number of fused-ring (bicyclic) bond motifs is 3. The molecule has 3 unspecified atom stereocenters. The Morgan fingerprint density at radius 2 is 1.55 bits per heavy atom. The summed E-state index contributed by atoms with van der Waals surface area (Å²) >= 11 is 0. The monoisotopic (exact) mass is 450 g/mol. The summed E-state index contributed by atoms with van der Waals surface area (Å²) < 4.78 is 5.56. The van der Waals surface area contributed by atoms with E-state index >= 15 is 0 Å². The summed E-state index contributed by atoms with van der Waals surface area (Å²) in [4.78, 5) is 36.2. The van der Waals surface area contributed by atoms with Crippen molar-refractivity contribution in [3.63, 3.8) is 0 Å². The van der Waals surface area contributed by atoms with E-state index in [-0.39, 0.29) is 36.8 Å². The zero-order chi connectivity index (χ0) is 23.5. The molecule has 1 saturated carbocycles. The molecule has 2 aromatic carbocycles. The molecule has 0 heterocycles. The molecule has 0 aromatic heterocycles. The van der Waals surface area contributed by atoms with Gasteiger partial charge >= 0.3 is 12.1 Å². The summed E-state index contributed by atoms with van der Waals surface area (Å²) in [6, 6.07) is 15.4. The fraction of sp³-hybridized carbons (Fsp3) is 0.423. The highest BCUT2D eigenvalue weighted by atomic mass is 16.5. The Labute approximate surface area is 193 Å². The smallest absolute Gasteiger partial charge is 0.407 e. The molecule has 0 radical (unpaired) electrons. The highest BCUT2D eigenvalue weighted by Gasteiger charge is 2.35. The zero-order valence-corrected chi connectivity index (χ0v) is 18.9. The number of nitrogens with one attached hydrogen (secondary N) is 2. The predicted octanol–water partition coefficient (Wildman–Crippen LogP) is 3.92. The van der Waals surface area contributed by atoms with E-state index in [9.17, 15) is 14.4 Å². The van der Waals surface area contributed by atoms with Crippen LogP contribution >= 0.6 is 0 Å². The van der Waals surface area contributed by atoms with E-state index in [1.165, 1.54) is 0 Å². The second kappa shape index (κ2) is 9.65. The van der Waals surface area contributed by atoms with Gasteiger partial charge in [-0.25, -0.2) is 4.79 Å². The highest BCUT2D eigenvalue weighted by molar-refractivity contribution is 5.81. The Hall–Kier alpha value is -3.35. The average Bonchev–Trinajstić information content (AvgIpc) is 3.59. The number of carboxylic acids is 1. The van der Waals surface area contributed by atoms with Gasteiger partial charge in [-0.3, -0.25) is 9.59 Å². The molecule has 0 spiro atoms. The number of carbonyl (C=O) groups excluding carboxylic acids is 2. The van der Waals surface area contributed by atoms with Crippen molar-refractivity contribution in [2.75, 3.05) is 6.61 Å². The summed E-state index contributed by atoms with van der Waals surface area (Å²) in [7, 11) is 0. The van der Waals surface area contributed by atoms with Crippen LogP contribution in [-0.4, -0.2) is 41.8 Å². The van der Waals surface area contributed by atoms with Crippen LogP contribution in [0.3, 0.4) is 0 Å². The minimum absolute atomic E-state index is 0.0329. The van der Waals surface area contributed by atoms with Crippen molar-refractivity contribution in [1.82, 2.24) is 10.6 Å². The molecule has 174 valence electrons. The lowest BCUT2D eigenvalue weighted by Crippen LogP contribution is -2.47. The van der Waals surface area contributed by atoms with E-state index in [4.69, 9.17) is 9.84 Å². The maximum absolute atomic E-state index is 12.6. The van der Waals surface area contributed by atoms with Gasteiger partial charge in [0.15, 0.2) is 0 Å². The molecule has 2 aliphatic carbocycles. The molecule has 4 rings (SSSR count). The summed E-state index contributed by atoms with van der Waals surface area (Å²) in [5, 5.41) is 14.7. The summed E-state index contributed by atoms with van der Waals surface area (Å²) in [5.41, 5.74) is 4.59. The maximum Gasteiger partial charge on any atom is 0.407 e. The summed E-state index contributed by atoms with van der Waals surface area (Å²) in [6.45, 7) is 3.67. The SMILES string of the molecule is CC(NC(=O)OCC1c2ccccc2-c2ccccc21)C(C)C(=O)NC(CC(=O)O)C1CC1. The second-order valence-electron chi connectivity index (χ2n) is 9.10. The largest absolute Gasteiger partial charge is 0.481 e. The molecule has 0 bridgehead atoms. The lowest BCUT2D eigenvalue weighted by Gasteiger charge is -2.24. The van der Waals surface area contributed by atoms with Crippen LogP contribution in [0, 0.1) is 11.8 Å². The van der Waals surface area contributed by atoms with Crippen LogP contribution in [0.15, 0.2) is 48.5 Å². The maximum atomic E-state index is 12.6. The van der Waals surface area contributed by atoms with Crippen molar-refractivity contribution in [2.24, 2.45) is 11.8 Å². The number of carbonyl (C=O) groups is 3. The molecule has 1 fully saturated rings. The van der Waals surface area contributed by atoms with Crippen LogP contribution in [0.2, 0.25) is 0 Å². The number of hydrogen-bond donors (Lipinski definition) is 3. The lowest BCUT2D eigenvalue weighted by atomic mass is 9.98. The van der Waals surface area contributed by atoms with E-state index in [1.807, 2.05) is 24.3 Å². The molecule has 3 N–H and O–H groups in total. The number of amides is 2. The first-order valence-electron chi connectivity index (χ1n) is 11.5. The summed E-state index contributed by atoms with van der Waals surface area (Å²) in [5.74, 6) is -1.53. The molecule has 7 nitrogen and oxygen atoms in total. The number of carboxylic acid groups (broad SMARTS) is 1. The third-order valence-corrected chi connectivity index (χ3v) is 6.77. The Balaban J connectivity index is 1.31. The summed E-state index contributed by atoms with van der Waals surface area (Å²) in [6.07, 6.45) is 1.20. The van der Waals surface area contributed by atoms with Gasteiger partial charge in [0.2, 0.25) is 5.91 Å². The molecule has 3 atom stereocenters. The quantitative estimate of drug-likeness (QED) is 0.537. The first kappa shape index (κ1) is 22.8. The first-order chi connectivity index (χ1) is 15.8. The molecule has 2 aromatic rings. The molecular formula is C26H30N2O5. The minimum Gasteiger partial charge on any atom is -0.481 e. The van der Waals surface area contributed by atoms with E-state index < -0.39 is 24.0 Å². The zero-order valence-electron chi connectivity index (χ0n) is 18.9. The van der Waals surface area contributed by atoms with Gasteiger partial charge < -0.3 is 20.5 Å². The molecule has 2 aliphatic rings. The van der Waals surface area contributed by atoms with Crippen molar-refractivity contribution in [2.45, 2.75) is 51.1 Å². The Morgan fingerprint density at radius 3 is 2.09 bits per heavy atom. The lowest BCUT2D eigenvalue weighted by molar-refractivity contribution is -0.138. The van der Waals surface area contributed by atoms with Crippen LogP contribution in [0.25, 0.3) is 11.1 Å². The van der Waals surface area contributed by atoms with Gasteiger partial charge in [-0.1, -0.05) is 55.5 Å². The molecule has 2 amide bonds. The highest BCUT2D eigenvalue weighted by Crippen LogP contribution is 2.44. The minimum atomic E-state index is -0.926. The number of benzene rings is 2. The third-order valence-electron chi connectivity index (χ3n) is 6.77. The second-order valence-corrected chi connectivity index (χ2v) is 9.10. The number of hydrogen-bond acceptors (Lipinski definition) is 4. The fourth-order valence-electron chi connectivity index (χ4n) is 4.51. The Bertz CT molecular complexity index is 1000. The predicted molar refractivity (Wildman–Crippen MR) is 124 cm³/mol. The Kier molecular flexibility index (Phi) is 6.67. The molecular weight excluding hydrogens is 420 g/mol. The van der Waals surface area contributed by atoms with Gasteiger partial charge in [0.1, 0.15) is 6.61 Å². The van der Waals surface area contributed by atoms with E-state index in [2.05, 4.69) is 34.9 Å². The van der Waals surface area contributed by atoms with E-state index in [0.717, 1.165) is 35.1 Å². The topological polar surface area (TPSA) is 105 Å². The molecule has 33 heavy (non-hydrogen) atoms. The number of alkyl carbamates (subject to hydrolysis) is 1. The van der Waals surface area contributed by atoms with Crippen LogP contribution in [0.1, 0.15) is 50.2 Å². The van der Waals surface area contributed by atoms with E-state index in [0.29, 0.717) is 0 Å². The van der Waals surface area contributed by atoms with Crippen LogP contribution < -0.4 is 10.6 Å². The normalized spacial score (nSPS) is 17.3. The number of ether oxygens (including phenoxy) is 1. The third kappa shape index (κ3) is 5.18. The van der Waals surface area contributed by atoms with Gasteiger partial charge in [-0.05, 0) is 47.9 Å².